The van der Waals surface area contributed by atoms with Gasteiger partial charge in [-0.1, -0.05) is 49.3 Å². The van der Waals surface area contributed by atoms with Crippen LogP contribution in [0.3, 0.4) is 0 Å². The van der Waals surface area contributed by atoms with Crippen LogP contribution in [0.1, 0.15) is 36.6 Å². The zero-order valence-electron chi connectivity index (χ0n) is 18.6. The molecule has 9 heteroatoms. The number of hydrogen-bond acceptors (Lipinski definition) is 6. The van der Waals surface area contributed by atoms with Crippen molar-refractivity contribution in [3.05, 3.63) is 89.7 Å². The summed E-state index contributed by atoms with van der Waals surface area (Å²) in [6.07, 6.45) is -2.77. The van der Waals surface area contributed by atoms with Gasteiger partial charge < -0.3 is 14.9 Å². The third kappa shape index (κ3) is 4.88. The quantitative estimate of drug-likeness (QED) is 0.357. The summed E-state index contributed by atoms with van der Waals surface area (Å²) in [4.78, 5) is 4.20. The summed E-state index contributed by atoms with van der Waals surface area (Å²) in [5.41, 5.74) is 5.76. The summed E-state index contributed by atoms with van der Waals surface area (Å²) < 4.78 is 53.3. The summed E-state index contributed by atoms with van der Waals surface area (Å²) in [7, 11) is 0. The molecule has 4 aromatic rings. The predicted molar refractivity (Wildman–Crippen MR) is 121 cm³/mol. The van der Waals surface area contributed by atoms with Crippen LogP contribution in [0.25, 0.3) is 11.5 Å². The second kappa shape index (κ2) is 9.17. The van der Waals surface area contributed by atoms with E-state index in [2.05, 4.69) is 15.2 Å². The number of hydrogen-bond donors (Lipinski definition) is 1. The van der Waals surface area contributed by atoms with E-state index >= 15 is 0 Å². The van der Waals surface area contributed by atoms with Crippen LogP contribution in [-0.2, 0) is 6.61 Å². The average Bonchev–Trinajstić information content (AvgIpc) is 3.25. The van der Waals surface area contributed by atoms with Crippen LogP contribution in [0, 0.1) is 5.41 Å². The Bertz CT molecular complexity index is 1220. The maximum Gasteiger partial charge on any atom is 0.394 e. The van der Waals surface area contributed by atoms with Crippen LogP contribution in [0.5, 0.6) is 5.75 Å². The Hall–Kier alpha value is -3.88. The molecule has 0 amide bonds. The predicted octanol–water partition coefficient (Wildman–Crippen LogP) is 6.01. The molecule has 0 fully saturated rings. The number of nitrogens with zero attached hydrogens (tertiary/aromatic N) is 3. The molecule has 0 spiro atoms. The van der Waals surface area contributed by atoms with Crippen molar-refractivity contribution in [1.82, 2.24) is 15.2 Å². The van der Waals surface area contributed by atoms with Crippen LogP contribution >= 0.6 is 0 Å². The van der Waals surface area contributed by atoms with Crippen molar-refractivity contribution in [1.29, 1.82) is 0 Å². The standard InChI is InChI=1S/C25H23F3N4O2/c1-24(2,25(26,27)28)21(16-6-8-18(9-7-16)22-31-32-23(29)34-22)17-10-12-20(13-11-17)33-15-19-5-3-4-14-30-19/h3-14,21H,15H2,1-2H3,(H2,29,32). The number of nitrogens with two attached hydrogens (primary N) is 1. The Kier molecular flexibility index (Phi) is 6.28. The van der Waals surface area contributed by atoms with Crippen molar-refractivity contribution < 1.29 is 22.3 Å². The molecule has 0 bridgehead atoms. The average molecular weight is 468 g/mol. The summed E-state index contributed by atoms with van der Waals surface area (Å²) in [6, 6.07) is 18.7. The third-order valence-electron chi connectivity index (χ3n) is 5.71. The lowest BCUT2D eigenvalue weighted by Crippen LogP contribution is -2.38. The summed E-state index contributed by atoms with van der Waals surface area (Å²) in [5, 5.41) is 7.42. The summed E-state index contributed by atoms with van der Waals surface area (Å²) in [6.45, 7) is 2.67. The van der Waals surface area contributed by atoms with Gasteiger partial charge in [-0.25, -0.2) is 0 Å². The molecule has 176 valence electrons. The molecule has 2 aromatic heterocycles. The Morgan fingerprint density at radius 2 is 1.56 bits per heavy atom. The number of pyridine rings is 1. The highest BCUT2D eigenvalue weighted by molar-refractivity contribution is 5.55. The second-order valence-electron chi connectivity index (χ2n) is 8.40. The van der Waals surface area contributed by atoms with Crippen molar-refractivity contribution in [2.24, 2.45) is 5.41 Å². The molecule has 6 nitrogen and oxygen atoms in total. The molecule has 34 heavy (non-hydrogen) atoms. The lowest BCUT2D eigenvalue weighted by atomic mass is 9.70. The van der Waals surface area contributed by atoms with Gasteiger partial charge in [0.25, 0.3) is 0 Å². The van der Waals surface area contributed by atoms with Crippen molar-refractivity contribution in [3.8, 4) is 17.2 Å². The largest absolute Gasteiger partial charge is 0.487 e. The monoisotopic (exact) mass is 468 g/mol. The van der Waals surface area contributed by atoms with E-state index in [0.29, 0.717) is 22.4 Å². The van der Waals surface area contributed by atoms with Gasteiger partial charge in [0.1, 0.15) is 12.4 Å². The Morgan fingerprint density at radius 1 is 0.912 bits per heavy atom. The van der Waals surface area contributed by atoms with Gasteiger partial charge in [0.05, 0.1) is 11.1 Å². The Balaban J connectivity index is 1.62. The van der Waals surface area contributed by atoms with Crippen molar-refractivity contribution in [2.75, 3.05) is 5.73 Å². The molecule has 1 unspecified atom stereocenters. The lowest BCUT2D eigenvalue weighted by molar-refractivity contribution is -0.216. The minimum atomic E-state index is -4.44. The van der Waals surface area contributed by atoms with Gasteiger partial charge in [0.2, 0.25) is 5.89 Å². The van der Waals surface area contributed by atoms with Gasteiger partial charge in [0, 0.05) is 17.7 Å². The maximum absolute atomic E-state index is 14.1. The highest BCUT2D eigenvalue weighted by Crippen LogP contribution is 2.51. The zero-order valence-corrected chi connectivity index (χ0v) is 18.6. The molecule has 2 aromatic carbocycles. The summed E-state index contributed by atoms with van der Waals surface area (Å²) in [5.74, 6) is -0.216. The zero-order chi connectivity index (χ0) is 24.3. The Labute approximate surface area is 194 Å². The lowest BCUT2D eigenvalue weighted by Gasteiger charge is -2.37. The molecule has 2 heterocycles. The fraction of sp³-hybridized carbons (Fsp3) is 0.240. The Morgan fingerprint density at radius 3 is 2.09 bits per heavy atom. The number of halogens is 3. The number of benzene rings is 2. The van der Waals surface area contributed by atoms with Crippen molar-refractivity contribution >= 4 is 6.01 Å². The van der Waals surface area contributed by atoms with Crippen LogP contribution in [-0.4, -0.2) is 21.4 Å². The van der Waals surface area contributed by atoms with E-state index in [4.69, 9.17) is 14.9 Å². The van der Waals surface area contributed by atoms with Crippen molar-refractivity contribution in [3.63, 3.8) is 0 Å². The first-order valence-corrected chi connectivity index (χ1v) is 10.5. The highest BCUT2D eigenvalue weighted by Gasteiger charge is 2.53. The molecule has 0 aliphatic heterocycles. The van der Waals surface area contributed by atoms with Gasteiger partial charge in [-0.15, -0.1) is 5.10 Å². The van der Waals surface area contributed by atoms with Crippen LogP contribution in [0.4, 0.5) is 19.2 Å². The second-order valence-corrected chi connectivity index (χ2v) is 8.40. The van der Waals surface area contributed by atoms with E-state index in [0.717, 1.165) is 5.69 Å². The number of nitrogen functional groups attached to an aromatic ring is 1. The molecule has 0 radical (unpaired) electrons. The molecule has 0 saturated heterocycles. The normalized spacial score (nSPS) is 13.0. The maximum atomic E-state index is 14.1. The van der Waals surface area contributed by atoms with E-state index in [1.807, 2.05) is 18.2 Å². The molecular formula is C25H23F3N4O2. The fourth-order valence-electron chi connectivity index (χ4n) is 3.76. The summed E-state index contributed by atoms with van der Waals surface area (Å²) >= 11 is 0. The van der Waals surface area contributed by atoms with Gasteiger partial charge >= 0.3 is 12.2 Å². The molecule has 0 aliphatic rings. The number of alkyl halides is 3. The molecule has 4 rings (SSSR count). The van der Waals surface area contributed by atoms with Gasteiger partial charge in [-0.2, -0.15) is 13.2 Å². The first-order valence-electron chi connectivity index (χ1n) is 10.5. The van der Waals surface area contributed by atoms with Gasteiger partial charge in [0.15, 0.2) is 0 Å². The molecule has 2 N–H and O–H groups in total. The highest BCUT2D eigenvalue weighted by atomic mass is 19.4. The molecule has 0 aliphatic carbocycles. The smallest absolute Gasteiger partial charge is 0.394 e. The van der Waals surface area contributed by atoms with E-state index in [9.17, 15) is 13.2 Å². The third-order valence-corrected chi connectivity index (χ3v) is 5.71. The first-order chi connectivity index (χ1) is 16.1. The fourth-order valence-corrected chi connectivity index (χ4v) is 3.76. The van der Waals surface area contributed by atoms with Crippen LogP contribution in [0.2, 0.25) is 0 Å². The van der Waals surface area contributed by atoms with E-state index in [1.54, 1.807) is 54.7 Å². The van der Waals surface area contributed by atoms with E-state index in [-0.39, 0.29) is 18.5 Å². The molecule has 1 atom stereocenters. The number of rotatable bonds is 7. The first kappa shape index (κ1) is 23.3. The molecule has 0 saturated carbocycles. The molecular weight excluding hydrogens is 445 g/mol. The minimum absolute atomic E-state index is 0.0829. The van der Waals surface area contributed by atoms with Gasteiger partial charge in [-0.05, 0) is 47.5 Å². The number of anilines is 1. The topological polar surface area (TPSA) is 87.1 Å². The van der Waals surface area contributed by atoms with Crippen LogP contribution in [0.15, 0.2) is 77.3 Å². The minimum Gasteiger partial charge on any atom is -0.487 e. The van der Waals surface area contributed by atoms with E-state index in [1.165, 1.54) is 13.8 Å². The van der Waals surface area contributed by atoms with E-state index < -0.39 is 17.5 Å². The van der Waals surface area contributed by atoms with Crippen LogP contribution < -0.4 is 10.5 Å². The van der Waals surface area contributed by atoms with Gasteiger partial charge in [-0.3, -0.25) is 4.98 Å². The number of aromatic nitrogens is 3. The SMILES string of the molecule is CC(C)(C(c1ccc(OCc2ccccn2)cc1)c1ccc(-c2nnc(N)o2)cc1)C(F)(F)F. The number of ether oxygens (including phenoxy) is 1. The van der Waals surface area contributed by atoms with Crippen molar-refractivity contribution in [2.45, 2.75) is 32.5 Å².